The number of nitrogens with zero attached hydrogens (tertiary/aromatic N) is 2. The number of ether oxygens (including phenoxy) is 1. The maximum absolute atomic E-state index is 13.0. The van der Waals surface area contributed by atoms with Crippen LogP contribution in [0, 0.1) is 13.8 Å². The molecule has 0 radical (unpaired) electrons. The largest absolute Gasteiger partial charge is 0.494 e. The van der Waals surface area contributed by atoms with Crippen LogP contribution in [0.4, 0.5) is 5.69 Å². The Hall–Kier alpha value is -2.90. The zero-order valence-electron chi connectivity index (χ0n) is 20.9. The van der Waals surface area contributed by atoms with Gasteiger partial charge in [0.25, 0.3) is 5.56 Å². The van der Waals surface area contributed by atoms with Gasteiger partial charge in [0.2, 0.25) is 0 Å². The molecule has 0 atom stereocenters. The Morgan fingerprint density at radius 2 is 1.74 bits per heavy atom. The summed E-state index contributed by atoms with van der Waals surface area (Å²) in [4.78, 5) is 20.4. The molecule has 0 aliphatic rings. The van der Waals surface area contributed by atoms with E-state index in [2.05, 4.69) is 46.9 Å². The number of H-pyrrole nitrogens is 1. The smallest absolute Gasteiger partial charge is 0.253 e. The summed E-state index contributed by atoms with van der Waals surface area (Å²) in [5.74, 6) is 0.825. The molecule has 0 saturated heterocycles. The predicted octanol–water partition coefficient (Wildman–Crippen LogP) is 5.08. The van der Waals surface area contributed by atoms with Crippen molar-refractivity contribution in [1.29, 1.82) is 0 Å². The van der Waals surface area contributed by atoms with E-state index in [1.165, 1.54) is 0 Å². The summed E-state index contributed by atoms with van der Waals surface area (Å²) in [5, 5.41) is 5.00. The van der Waals surface area contributed by atoms with Crippen molar-refractivity contribution in [3.63, 3.8) is 0 Å². The molecule has 2 aromatic carbocycles. The summed E-state index contributed by atoms with van der Waals surface area (Å²) in [6.07, 6.45) is 0. The molecule has 3 aromatic rings. The van der Waals surface area contributed by atoms with E-state index in [1.807, 2.05) is 50.2 Å². The lowest BCUT2D eigenvalue weighted by molar-refractivity contribution is 0.266. The Bertz CT molecular complexity index is 1170. The van der Waals surface area contributed by atoms with Crippen LogP contribution >= 0.6 is 12.2 Å². The molecule has 1 heterocycles. The van der Waals surface area contributed by atoms with E-state index in [9.17, 15) is 4.79 Å². The molecule has 0 aliphatic carbocycles. The molecular weight excluding hydrogens is 444 g/mol. The molecule has 34 heavy (non-hydrogen) atoms. The van der Waals surface area contributed by atoms with E-state index in [0.717, 1.165) is 59.6 Å². The third-order valence-electron chi connectivity index (χ3n) is 6.04. The lowest BCUT2D eigenvalue weighted by atomic mass is 10.0. The fourth-order valence-electron chi connectivity index (χ4n) is 4.10. The minimum absolute atomic E-state index is 0.0748. The third-order valence-corrected chi connectivity index (χ3v) is 6.40. The first kappa shape index (κ1) is 25.7. The van der Waals surface area contributed by atoms with Gasteiger partial charge in [-0.15, -0.1) is 0 Å². The van der Waals surface area contributed by atoms with E-state index in [1.54, 1.807) is 0 Å². The van der Waals surface area contributed by atoms with Gasteiger partial charge in [0, 0.05) is 35.2 Å². The number of anilines is 1. The summed E-state index contributed by atoms with van der Waals surface area (Å²) < 4.78 is 5.53. The molecule has 0 bridgehead atoms. The number of rotatable bonds is 10. The van der Waals surface area contributed by atoms with Crippen LogP contribution in [0.3, 0.4) is 0 Å². The van der Waals surface area contributed by atoms with E-state index in [-0.39, 0.29) is 5.56 Å². The van der Waals surface area contributed by atoms with Crippen molar-refractivity contribution in [2.75, 3.05) is 38.1 Å². The Labute approximate surface area is 207 Å². The van der Waals surface area contributed by atoms with E-state index in [4.69, 9.17) is 17.0 Å². The minimum Gasteiger partial charge on any atom is -0.494 e. The molecule has 0 fully saturated rings. The summed E-state index contributed by atoms with van der Waals surface area (Å²) in [7, 11) is 0. The highest BCUT2D eigenvalue weighted by molar-refractivity contribution is 7.80. The third kappa shape index (κ3) is 6.58. The van der Waals surface area contributed by atoms with Crippen LogP contribution < -0.4 is 15.6 Å². The Balaban J connectivity index is 1.85. The monoisotopic (exact) mass is 480 g/mol. The standard InChI is InChI=1S/C27H36N4O2S/c1-6-30(7-2)13-14-31(27(34)28-22-9-11-23(12-10-22)33-8-3)18-21-17-24-20(5)15-19(4)16-25(24)29-26(21)32/h9-12,15-17H,6-8,13-14,18H2,1-5H3,(H,28,34)(H,29,32). The summed E-state index contributed by atoms with van der Waals surface area (Å²) >= 11 is 5.80. The zero-order valence-corrected chi connectivity index (χ0v) is 21.7. The van der Waals surface area contributed by atoms with Gasteiger partial charge in [-0.25, -0.2) is 0 Å². The second kappa shape index (κ2) is 12.0. The normalized spacial score (nSPS) is 11.1. The Morgan fingerprint density at radius 1 is 1.03 bits per heavy atom. The number of aromatic amines is 1. The first-order chi connectivity index (χ1) is 16.3. The second-order valence-corrected chi connectivity index (χ2v) is 8.89. The first-order valence-corrected chi connectivity index (χ1v) is 12.4. The van der Waals surface area contributed by atoms with E-state index in [0.29, 0.717) is 23.8 Å². The molecule has 0 spiro atoms. The number of hydrogen-bond acceptors (Lipinski definition) is 4. The Kier molecular flexibility index (Phi) is 9.07. The van der Waals surface area contributed by atoms with Crippen LogP contribution in [-0.4, -0.2) is 52.7 Å². The van der Waals surface area contributed by atoms with E-state index < -0.39 is 0 Å². The van der Waals surface area contributed by atoms with E-state index >= 15 is 0 Å². The van der Waals surface area contributed by atoms with Crippen LogP contribution in [0.25, 0.3) is 10.9 Å². The van der Waals surface area contributed by atoms with Gasteiger partial charge < -0.3 is 24.8 Å². The van der Waals surface area contributed by atoms with Crippen molar-refractivity contribution < 1.29 is 4.74 Å². The second-order valence-electron chi connectivity index (χ2n) is 8.50. The minimum atomic E-state index is -0.0748. The molecule has 6 nitrogen and oxygen atoms in total. The van der Waals surface area contributed by atoms with Gasteiger partial charge in [-0.1, -0.05) is 19.9 Å². The Morgan fingerprint density at radius 3 is 2.38 bits per heavy atom. The van der Waals surface area contributed by atoms with Crippen LogP contribution in [-0.2, 0) is 6.54 Å². The molecule has 2 N–H and O–H groups in total. The highest BCUT2D eigenvalue weighted by Gasteiger charge is 2.15. The lowest BCUT2D eigenvalue weighted by Crippen LogP contribution is -2.41. The van der Waals surface area contributed by atoms with Crippen LogP contribution in [0.2, 0.25) is 0 Å². The first-order valence-electron chi connectivity index (χ1n) is 12.0. The maximum atomic E-state index is 13.0. The number of aryl methyl sites for hydroxylation is 2. The molecule has 0 amide bonds. The van der Waals surface area contributed by atoms with Crippen LogP contribution in [0.5, 0.6) is 5.75 Å². The van der Waals surface area contributed by atoms with Crippen LogP contribution in [0.15, 0.2) is 47.3 Å². The maximum Gasteiger partial charge on any atom is 0.253 e. The average Bonchev–Trinajstić information content (AvgIpc) is 2.80. The van der Waals surface area contributed by atoms with Crippen LogP contribution in [0.1, 0.15) is 37.5 Å². The average molecular weight is 481 g/mol. The van der Waals surface area contributed by atoms with Gasteiger partial charge in [0.1, 0.15) is 5.75 Å². The van der Waals surface area contributed by atoms with Gasteiger partial charge in [0.05, 0.1) is 13.2 Å². The number of benzene rings is 2. The number of hydrogen-bond donors (Lipinski definition) is 2. The van der Waals surface area contributed by atoms with Gasteiger partial charge >= 0.3 is 0 Å². The fourth-order valence-corrected chi connectivity index (χ4v) is 4.37. The number of fused-ring (bicyclic) bond motifs is 1. The van der Waals surface area contributed by atoms with Gasteiger partial charge in [-0.2, -0.15) is 0 Å². The summed E-state index contributed by atoms with van der Waals surface area (Å²) in [6, 6.07) is 13.9. The SMILES string of the molecule is CCOc1ccc(NC(=S)N(CCN(CC)CC)Cc2cc3c(C)cc(C)cc3[nH]c2=O)cc1. The highest BCUT2D eigenvalue weighted by Crippen LogP contribution is 2.20. The lowest BCUT2D eigenvalue weighted by Gasteiger charge is -2.29. The number of pyridine rings is 1. The molecule has 3 rings (SSSR count). The number of likely N-dealkylation sites (N-methyl/N-ethyl adjacent to an activating group) is 1. The van der Waals surface area contributed by atoms with Crippen molar-refractivity contribution in [3.05, 3.63) is 69.5 Å². The molecule has 182 valence electrons. The molecule has 0 aliphatic heterocycles. The number of nitrogens with one attached hydrogen (secondary N) is 2. The molecule has 7 heteroatoms. The predicted molar refractivity (Wildman–Crippen MR) is 146 cm³/mol. The molecular formula is C27H36N4O2S. The molecule has 1 aromatic heterocycles. The van der Waals surface area contributed by atoms with Gasteiger partial charge in [-0.3, -0.25) is 4.79 Å². The summed E-state index contributed by atoms with van der Waals surface area (Å²) in [6.45, 7) is 15.0. The number of aromatic nitrogens is 1. The topological polar surface area (TPSA) is 60.6 Å². The zero-order chi connectivity index (χ0) is 24.7. The molecule has 0 saturated carbocycles. The molecule has 0 unspecified atom stereocenters. The van der Waals surface area contributed by atoms with Crippen molar-refractivity contribution >= 4 is 33.9 Å². The highest BCUT2D eigenvalue weighted by atomic mass is 32.1. The van der Waals surface area contributed by atoms with Crippen molar-refractivity contribution in [3.8, 4) is 5.75 Å². The van der Waals surface area contributed by atoms with Crippen molar-refractivity contribution in [2.45, 2.75) is 41.2 Å². The van der Waals surface area contributed by atoms with Crippen molar-refractivity contribution in [2.24, 2.45) is 0 Å². The quantitative estimate of drug-likeness (QED) is 0.395. The van der Waals surface area contributed by atoms with Crippen molar-refractivity contribution in [1.82, 2.24) is 14.8 Å². The van der Waals surface area contributed by atoms with Gasteiger partial charge in [-0.05, 0) is 93.6 Å². The van der Waals surface area contributed by atoms with Gasteiger partial charge in [0.15, 0.2) is 5.11 Å². The summed E-state index contributed by atoms with van der Waals surface area (Å²) in [5.41, 5.74) is 4.67. The fraction of sp³-hybridized carbons (Fsp3) is 0.407. The number of thiocarbonyl (C=S) groups is 1.